The smallest absolute Gasteiger partial charge is 0.309 e. The Hall–Kier alpha value is -1.06. The first-order valence-corrected chi connectivity index (χ1v) is 4.27. The Morgan fingerprint density at radius 2 is 1.92 bits per heavy atom. The van der Waals surface area contributed by atoms with Crippen LogP contribution < -0.4 is 0 Å². The van der Waals surface area contributed by atoms with Crippen LogP contribution in [0.25, 0.3) is 0 Å². The van der Waals surface area contributed by atoms with Crippen molar-refractivity contribution in [2.45, 2.75) is 26.7 Å². The molecular weight excluding hydrogens is 172 g/mol. The molecule has 0 unspecified atom stereocenters. The predicted molar refractivity (Wildman–Crippen MR) is 47.2 cm³/mol. The molecule has 76 valence electrons. The lowest BCUT2D eigenvalue weighted by Gasteiger charge is -2.14. The molecule has 0 saturated carbocycles. The van der Waals surface area contributed by atoms with Crippen LogP contribution >= 0.6 is 0 Å². The second-order valence-electron chi connectivity index (χ2n) is 3.45. The highest BCUT2D eigenvalue weighted by Gasteiger charge is 2.23. The van der Waals surface area contributed by atoms with Gasteiger partial charge in [-0.15, -0.1) is 0 Å². The molecule has 0 aromatic rings. The number of aliphatic carboxylic acids is 1. The molecule has 0 radical (unpaired) electrons. The summed E-state index contributed by atoms with van der Waals surface area (Å²) in [6.07, 6.45) is 0.407. The highest BCUT2D eigenvalue weighted by Crippen LogP contribution is 2.16. The van der Waals surface area contributed by atoms with Gasteiger partial charge in [0.05, 0.1) is 19.4 Å². The van der Waals surface area contributed by atoms with Gasteiger partial charge in [0.2, 0.25) is 0 Å². The van der Waals surface area contributed by atoms with E-state index in [0.29, 0.717) is 12.3 Å². The van der Waals surface area contributed by atoms with E-state index >= 15 is 0 Å². The van der Waals surface area contributed by atoms with E-state index < -0.39 is 17.9 Å². The fourth-order valence-electron chi connectivity index (χ4n) is 1.21. The third-order valence-electron chi connectivity index (χ3n) is 1.71. The zero-order chi connectivity index (χ0) is 10.4. The van der Waals surface area contributed by atoms with Crippen molar-refractivity contribution in [1.29, 1.82) is 0 Å². The standard InChI is InChI=1S/C9H16O4/c1-6(2)4-7(5-8(10)11)9(12)13-3/h6-7H,4-5H2,1-3H3,(H,10,11)/t7-/m0/s1. The van der Waals surface area contributed by atoms with E-state index in [0.717, 1.165) is 0 Å². The molecule has 0 bridgehead atoms. The number of rotatable bonds is 5. The van der Waals surface area contributed by atoms with Crippen molar-refractivity contribution in [2.75, 3.05) is 7.11 Å². The van der Waals surface area contributed by atoms with Gasteiger partial charge < -0.3 is 9.84 Å². The molecule has 1 atom stereocenters. The van der Waals surface area contributed by atoms with Crippen LogP contribution in [0.3, 0.4) is 0 Å². The Balaban J connectivity index is 4.18. The summed E-state index contributed by atoms with van der Waals surface area (Å²) in [5.74, 6) is -1.61. The zero-order valence-electron chi connectivity index (χ0n) is 8.24. The fraction of sp³-hybridized carbons (Fsp3) is 0.778. The van der Waals surface area contributed by atoms with E-state index in [1.807, 2.05) is 13.8 Å². The van der Waals surface area contributed by atoms with Gasteiger partial charge in [-0.1, -0.05) is 13.8 Å². The number of esters is 1. The van der Waals surface area contributed by atoms with Crippen LogP contribution in [-0.2, 0) is 14.3 Å². The van der Waals surface area contributed by atoms with E-state index in [4.69, 9.17) is 5.11 Å². The number of methoxy groups -OCH3 is 1. The van der Waals surface area contributed by atoms with Crippen LogP contribution in [0, 0.1) is 11.8 Å². The quantitative estimate of drug-likeness (QED) is 0.660. The van der Waals surface area contributed by atoms with Gasteiger partial charge >= 0.3 is 11.9 Å². The second-order valence-corrected chi connectivity index (χ2v) is 3.45. The Kier molecular flexibility index (Phi) is 5.11. The van der Waals surface area contributed by atoms with Crippen LogP contribution in [0.1, 0.15) is 26.7 Å². The van der Waals surface area contributed by atoms with Crippen molar-refractivity contribution >= 4 is 11.9 Å². The molecule has 0 spiro atoms. The van der Waals surface area contributed by atoms with E-state index in [1.165, 1.54) is 7.11 Å². The number of carbonyl (C=O) groups is 2. The summed E-state index contributed by atoms with van der Waals surface area (Å²) in [5, 5.41) is 8.53. The lowest BCUT2D eigenvalue weighted by molar-refractivity contribution is -0.151. The largest absolute Gasteiger partial charge is 0.481 e. The fourth-order valence-corrected chi connectivity index (χ4v) is 1.21. The van der Waals surface area contributed by atoms with E-state index in [1.54, 1.807) is 0 Å². The van der Waals surface area contributed by atoms with Crippen molar-refractivity contribution in [2.24, 2.45) is 11.8 Å². The van der Waals surface area contributed by atoms with E-state index in [-0.39, 0.29) is 6.42 Å². The van der Waals surface area contributed by atoms with E-state index in [9.17, 15) is 9.59 Å². The van der Waals surface area contributed by atoms with Crippen molar-refractivity contribution in [3.05, 3.63) is 0 Å². The van der Waals surface area contributed by atoms with Crippen LogP contribution in [0.2, 0.25) is 0 Å². The number of carboxylic acid groups (broad SMARTS) is 1. The zero-order valence-corrected chi connectivity index (χ0v) is 8.24. The summed E-state index contributed by atoms with van der Waals surface area (Å²) in [6, 6.07) is 0. The molecule has 0 aromatic heterocycles. The molecule has 0 rings (SSSR count). The van der Waals surface area contributed by atoms with Crippen molar-refractivity contribution in [3.63, 3.8) is 0 Å². The maximum atomic E-state index is 11.1. The maximum absolute atomic E-state index is 11.1. The summed E-state index contributed by atoms with van der Waals surface area (Å²) in [5.41, 5.74) is 0. The number of carboxylic acids is 1. The third kappa shape index (κ3) is 5.22. The summed E-state index contributed by atoms with van der Waals surface area (Å²) < 4.78 is 4.51. The van der Waals surface area contributed by atoms with Crippen molar-refractivity contribution < 1.29 is 19.4 Å². The topological polar surface area (TPSA) is 63.6 Å². The molecule has 0 aliphatic heterocycles. The van der Waals surface area contributed by atoms with Gasteiger partial charge in [-0.25, -0.2) is 0 Å². The highest BCUT2D eigenvalue weighted by molar-refractivity contribution is 5.78. The molecular formula is C9H16O4. The highest BCUT2D eigenvalue weighted by atomic mass is 16.5. The third-order valence-corrected chi connectivity index (χ3v) is 1.71. The lowest BCUT2D eigenvalue weighted by Crippen LogP contribution is -2.21. The molecule has 0 heterocycles. The van der Waals surface area contributed by atoms with Gasteiger partial charge in [-0.3, -0.25) is 9.59 Å². The molecule has 13 heavy (non-hydrogen) atoms. The number of ether oxygens (including phenoxy) is 1. The molecule has 4 heteroatoms. The number of hydrogen-bond acceptors (Lipinski definition) is 3. The molecule has 0 amide bonds. The van der Waals surface area contributed by atoms with Gasteiger partial charge in [0.15, 0.2) is 0 Å². The minimum atomic E-state index is -0.962. The number of carbonyl (C=O) groups excluding carboxylic acids is 1. The first-order chi connectivity index (χ1) is 5.97. The van der Waals surface area contributed by atoms with Crippen LogP contribution in [-0.4, -0.2) is 24.2 Å². The maximum Gasteiger partial charge on any atom is 0.309 e. The molecule has 0 aliphatic rings. The first kappa shape index (κ1) is 11.9. The SMILES string of the molecule is COC(=O)[C@H](CC(=O)O)CC(C)C. The predicted octanol–water partition coefficient (Wildman–Crippen LogP) is 1.30. The Morgan fingerprint density at radius 3 is 2.23 bits per heavy atom. The molecule has 4 nitrogen and oxygen atoms in total. The van der Waals surface area contributed by atoms with Crippen molar-refractivity contribution in [3.8, 4) is 0 Å². The molecule has 0 fully saturated rings. The Morgan fingerprint density at radius 1 is 1.38 bits per heavy atom. The lowest BCUT2D eigenvalue weighted by atomic mass is 9.94. The minimum absolute atomic E-state index is 0.148. The molecule has 0 saturated heterocycles. The number of hydrogen-bond donors (Lipinski definition) is 1. The Labute approximate surface area is 77.9 Å². The minimum Gasteiger partial charge on any atom is -0.481 e. The summed E-state index contributed by atoms with van der Waals surface area (Å²) in [7, 11) is 1.28. The van der Waals surface area contributed by atoms with Crippen LogP contribution in [0.5, 0.6) is 0 Å². The first-order valence-electron chi connectivity index (χ1n) is 4.27. The van der Waals surface area contributed by atoms with Gasteiger partial charge in [0.1, 0.15) is 0 Å². The van der Waals surface area contributed by atoms with Crippen LogP contribution in [0.15, 0.2) is 0 Å². The second kappa shape index (κ2) is 5.56. The van der Waals surface area contributed by atoms with Gasteiger partial charge in [0, 0.05) is 0 Å². The summed E-state index contributed by atoms with van der Waals surface area (Å²) in [6.45, 7) is 3.88. The van der Waals surface area contributed by atoms with Crippen molar-refractivity contribution in [1.82, 2.24) is 0 Å². The monoisotopic (exact) mass is 188 g/mol. The van der Waals surface area contributed by atoms with E-state index in [2.05, 4.69) is 4.74 Å². The average Bonchev–Trinajstić information content (AvgIpc) is 2.00. The Bertz CT molecular complexity index is 186. The summed E-state index contributed by atoms with van der Waals surface area (Å²) >= 11 is 0. The van der Waals surface area contributed by atoms with Crippen LogP contribution in [0.4, 0.5) is 0 Å². The van der Waals surface area contributed by atoms with Gasteiger partial charge in [-0.05, 0) is 12.3 Å². The average molecular weight is 188 g/mol. The summed E-state index contributed by atoms with van der Waals surface area (Å²) in [4.78, 5) is 21.5. The normalized spacial score (nSPS) is 12.6. The van der Waals surface area contributed by atoms with Gasteiger partial charge in [-0.2, -0.15) is 0 Å². The van der Waals surface area contributed by atoms with Gasteiger partial charge in [0.25, 0.3) is 0 Å². The molecule has 0 aliphatic carbocycles. The molecule has 0 aromatic carbocycles. The molecule has 1 N–H and O–H groups in total.